The normalized spacial score (nSPS) is 22.1. The molecular formula is C21H28ClN5O. The lowest BCUT2D eigenvalue weighted by Crippen LogP contribution is -2.42. The molecule has 1 saturated heterocycles. The molecule has 1 aromatic heterocycles. The van der Waals surface area contributed by atoms with E-state index >= 15 is 0 Å². The van der Waals surface area contributed by atoms with Gasteiger partial charge in [-0.2, -0.15) is 0 Å². The summed E-state index contributed by atoms with van der Waals surface area (Å²) < 4.78 is 2.29. The fourth-order valence-corrected chi connectivity index (χ4v) is 5.01. The third kappa shape index (κ3) is 3.44. The van der Waals surface area contributed by atoms with Crippen molar-refractivity contribution in [1.82, 2.24) is 25.0 Å². The van der Waals surface area contributed by atoms with Gasteiger partial charge in [-0.1, -0.05) is 24.3 Å². The summed E-state index contributed by atoms with van der Waals surface area (Å²) in [5, 5.41) is 12.2. The molecule has 3 aliphatic rings. The average Bonchev–Trinajstić information content (AvgIpc) is 3.17. The number of halogens is 1. The quantitative estimate of drug-likeness (QED) is 0.840. The van der Waals surface area contributed by atoms with Crippen LogP contribution in [0.25, 0.3) is 0 Å². The Labute approximate surface area is 172 Å². The smallest absolute Gasteiger partial charge is 0.230 e. The second kappa shape index (κ2) is 8.21. The molecule has 1 aromatic carbocycles. The molecule has 1 aliphatic carbocycles. The van der Waals surface area contributed by atoms with E-state index in [4.69, 9.17) is 0 Å². The summed E-state index contributed by atoms with van der Waals surface area (Å²) in [4.78, 5) is 15.3. The Morgan fingerprint density at radius 1 is 1.07 bits per heavy atom. The first-order valence-corrected chi connectivity index (χ1v) is 10.3. The number of aromatic nitrogens is 3. The summed E-state index contributed by atoms with van der Waals surface area (Å²) in [5.74, 6) is 2.98. The molecule has 7 heteroatoms. The predicted octanol–water partition coefficient (Wildman–Crippen LogP) is 2.63. The number of nitrogens with one attached hydrogen (secondary N) is 1. The molecule has 0 spiro atoms. The molecule has 5 rings (SSSR count). The number of carbonyl (C=O) groups is 1. The second-order valence-electron chi connectivity index (χ2n) is 8.05. The van der Waals surface area contributed by atoms with E-state index in [1.54, 1.807) is 0 Å². The van der Waals surface area contributed by atoms with E-state index in [1.807, 2.05) is 0 Å². The fraction of sp³-hybridized carbons (Fsp3) is 0.571. The molecule has 2 aromatic rings. The van der Waals surface area contributed by atoms with Gasteiger partial charge < -0.3 is 14.8 Å². The number of fused-ring (bicyclic) bond motifs is 2. The van der Waals surface area contributed by atoms with Crippen LogP contribution in [0.4, 0.5) is 0 Å². The van der Waals surface area contributed by atoms with Gasteiger partial charge in [-0.25, -0.2) is 0 Å². The van der Waals surface area contributed by atoms with Crippen LogP contribution in [0.15, 0.2) is 24.3 Å². The zero-order valence-corrected chi connectivity index (χ0v) is 17.0. The van der Waals surface area contributed by atoms with Crippen LogP contribution >= 0.6 is 12.4 Å². The summed E-state index contributed by atoms with van der Waals surface area (Å²) in [5.41, 5.74) is 2.62. The molecule has 2 aliphatic heterocycles. The highest BCUT2D eigenvalue weighted by atomic mass is 35.5. The van der Waals surface area contributed by atoms with Crippen LogP contribution in [0.1, 0.15) is 60.3 Å². The number of aryl methyl sites for hydroxylation is 1. The van der Waals surface area contributed by atoms with Gasteiger partial charge in [0.15, 0.2) is 0 Å². The van der Waals surface area contributed by atoms with Crippen LogP contribution in [0, 0.1) is 0 Å². The molecule has 6 nitrogen and oxygen atoms in total. The summed E-state index contributed by atoms with van der Waals surface area (Å²) >= 11 is 0. The van der Waals surface area contributed by atoms with Crippen molar-refractivity contribution in [1.29, 1.82) is 0 Å². The van der Waals surface area contributed by atoms with Crippen LogP contribution in [0.5, 0.6) is 0 Å². The number of hydrogen-bond acceptors (Lipinski definition) is 4. The number of amides is 1. The van der Waals surface area contributed by atoms with Crippen LogP contribution < -0.4 is 5.32 Å². The highest BCUT2D eigenvalue weighted by Gasteiger charge is 2.33. The first kappa shape index (κ1) is 19.4. The van der Waals surface area contributed by atoms with Gasteiger partial charge in [-0.15, -0.1) is 22.6 Å². The summed E-state index contributed by atoms with van der Waals surface area (Å²) in [6.45, 7) is 4.42. The van der Waals surface area contributed by atoms with E-state index in [9.17, 15) is 4.79 Å². The number of piperidine rings is 1. The molecule has 1 atom stereocenters. The lowest BCUT2D eigenvalue weighted by atomic mass is 9.81. The molecule has 28 heavy (non-hydrogen) atoms. The maximum atomic E-state index is 13.2. The first-order chi connectivity index (χ1) is 13.3. The number of benzene rings is 1. The van der Waals surface area contributed by atoms with Crippen molar-refractivity contribution in [2.75, 3.05) is 19.6 Å². The minimum Gasteiger partial charge on any atom is -0.342 e. The summed E-state index contributed by atoms with van der Waals surface area (Å²) in [7, 11) is 0. The predicted molar refractivity (Wildman–Crippen MR) is 110 cm³/mol. The van der Waals surface area contributed by atoms with Gasteiger partial charge in [-0.05, 0) is 43.2 Å². The van der Waals surface area contributed by atoms with Gasteiger partial charge in [0.1, 0.15) is 11.6 Å². The molecular weight excluding hydrogens is 374 g/mol. The molecule has 150 valence electrons. The van der Waals surface area contributed by atoms with Crippen molar-refractivity contribution in [3.05, 3.63) is 47.0 Å². The third-order valence-corrected chi connectivity index (χ3v) is 6.49. The Hall–Kier alpha value is -1.92. The standard InChI is InChI=1S/C21H27N5O.ClH/c27-21(18-7-3-5-15-4-1-2-6-17(15)18)25-11-8-16(9-12-25)20-24-23-19-14-22-10-13-26(19)20;/h1-2,4,6,16,18,22H,3,5,7-14H2;1H. The van der Waals surface area contributed by atoms with E-state index in [-0.39, 0.29) is 18.3 Å². The maximum Gasteiger partial charge on any atom is 0.230 e. The van der Waals surface area contributed by atoms with Gasteiger partial charge in [-0.3, -0.25) is 4.79 Å². The average molecular weight is 402 g/mol. The van der Waals surface area contributed by atoms with Crippen molar-refractivity contribution >= 4 is 18.3 Å². The molecule has 1 N–H and O–H groups in total. The highest BCUT2D eigenvalue weighted by molar-refractivity contribution is 5.85. The molecule has 0 saturated carbocycles. The van der Waals surface area contributed by atoms with E-state index in [1.165, 1.54) is 11.1 Å². The Morgan fingerprint density at radius 3 is 2.75 bits per heavy atom. The SMILES string of the molecule is Cl.O=C(C1CCCc2ccccc21)N1CCC(c2nnc3n2CCNC3)CC1. The van der Waals surface area contributed by atoms with Gasteiger partial charge in [0.2, 0.25) is 5.91 Å². The van der Waals surface area contributed by atoms with Gasteiger partial charge in [0.25, 0.3) is 0 Å². The molecule has 1 unspecified atom stereocenters. The van der Waals surface area contributed by atoms with Crippen molar-refractivity contribution in [2.24, 2.45) is 0 Å². The topological polar surface area (TPSA) is 63.1 Å². The summed E-state index contributed by atoms with van der Waals surface area (Å²) in [6, 6.07) is 8.50. The van der Waals surface area contributed by atoms with Crippen LogP contribution in [0.2, 0.25) is 0 Å². The number of nitrogens with zero attached hydrogens (tertiary/aromatic N) is 4. The van der Waals surface area contributed by atoms with Gasteiger partial charge in [0, 0.05) is 32.1 Å². The van der Waals surface area contributed by atoms with Gasteiger partial charge in [0.05, 0.1) is 12.5 Å². The zero-order valence-electron chi connectivity index (χ0n) is 16.1. The van der Waals surface area contributed by atoms with Crippen LogP contribution in [0.3, 0.4) is 0 Å². The van der Waals surface area contributed by atoms with Crippen molar-refractivity contribution in [2.45, 2.75) is 57.0 Å². The Kier molecular flexibility index (Phi) is 5.69. The van der Waals surface area contributed by atoms with E-state index in [0.29, 0.717) is 11.8 Å². The van der Waals surface area contributed by atoms with Crippen molar-refractivity contribution in [3.8, 4) is 0 Å². The van der Waals surface area contributed by atoms with Crippen LogP contribution in [-0.4, -0.2) is 45.2 Å². The molecule has 3 heterocycles. The second-order valence-corrected chi connectivity index (χ2v) is 8.05. The van der Waals surface area contributed by atoms with Crippen molar-refractivity contribution in [3.63, 3.8) is 0 Å². The number of rotatable bonds is 2. The first-order valence-electron chi connectivity index (χ1n) is 10.3. The molecule has 1 amide bonds. The number of carbonyl (C=O) groups excluding carboxylic acids is 1. The monoisotopic (exact) mass is 401 g/mol. The van der Waals surface area contributed by atoms with Crippen LogP contribution in [-0.2, 0) is 24.3 Å². The Balaban J connectivity index is 0.00000192. The summed E-state index contributed by atoms with van der Waals surface area (Å²) in [6.07, 6.45) is 5.19. The van der Waals surface area contributed by atoms with E-state index in [0.717, 1.165) is 76.5 Å². The Morgan fingerprint density at radius 2 is 1.89 bits per heavy atom. The van der Waals surface area contributed by atoms with E-state index < -0.39 is 0 Å². The van der Waals surface area contributed by atoms with Crippen molar-refractivity contribution < 1.29 is 4.79 Å². The maximum absolute atomic E-state index is 13.2. The Bertz CT molecular complexity index is 843. The van der Waals surface area contributed by atoms with E-state index in [2.05, 4.69) is 49.2 Å². The largest absolute Gasteiger partial charge is 0.342 e. The highest BCUT2D eigenvalue weighted by Crippen LogP contribution is 2.35. The zero-order chi connectivity index (χ0) is 18.2. The lowest BCUT2D eigenvalue weighted by molar-refractivity contribution is -0.134. The minimum atomic E-state index is 0. The lowest BCUT2D eigenvalue weighted by Gasteiger charge is -2.35. The number of hydrogen-bond donors (Lipinski definition) is 1. The fourth-order valence-electron chi connectivity index (χ4n) is 5.01. The molecule has 1 fully saturated rings. The molecule has 0 radical (unpaired) electrons. The van der Waals surface area contributed by atoms with Gasteiger partial charge >= 0.3 is 0 Å². The third-order valence-electron chi connectivity index (χ3n) is 6.49. The minimum absolute atomic E-state index is 0. The molecule has 0 bridgehead atoms. The number of likely N-dealkylation sites (tertiary alicyclic amines) is 1.